The Kier molecular flexibility index (Phi) is 6.33. The highest BCUT2D eigenvalue weighted by Gasteiger charge is 2.22. The molecule has 0 fully saturated rings. The molecular formula is C25H21ClN2O6S. The van der Waals surface area contributed by atoms with Gasteiger partial charge < -0.3 is 19.6 Å². The number of H-pyrrole nitrogens is 1. The second kappa shape index (κ2) is 9.10. The third kappa shape index (κ3) is 4.14. The average Bonchev–Trinajstić information content (AvgIpc) is 3.26. The number of nitrogens with one attached hydrogen (secondary N) is 1. The van der Waals surface area contributed by atoms with Crippen molar-refractivity contribution in [1.29, 1.82) is 0 Å². The minimum atomic E-state index is -4.55. The second-order valence-electron chi connectivity index (χ2n) is 7.65. The van der Waals surface area contributed by atoms with Crippen LogP contribution in [0.25, 0.3) is 44.3 Å². The summed E-state index contributed by atoms with van der Waals surface area (Å²) in [6.45, 7) is 0. The topological polar surface area (TPSA) is 122 Å². The number of halogens is 1. The van der Waals surface area contributed by atoms with Crippen molar-refractivity contribution in [2.75, 3.05) is 14.2 Å². The van der Waals surface area contributed by atoms with Gasteiger partial charge in [-0.25, -0.2) is 4.98 Å². The number of fused-ring (bicyclic) bond motifs is 3. The number of phenolic OH excluding ortho intramolecular Hbond substituents is 1. The van der Waals surface area contributed by atoms with Gasteiger partial charge in [0, 0.05) is 10.9 Å². The van der Waals surface area contributed by atoms with E-state index in [1.54, 1.807) is 14.2 Å². The van der Waals surface area contributed by atoms with Crippen LogP contribution in [-0.4, -0.2) is 42.3 Å². The summed E-state index contributed by atoms with van der Waals surface area (Å²) in [5.41, 5.74) is 3.03. The number of para-hydroxylation sites is 1. The molecule has 10 heteroatoms. The van der Waals surface area contributed by atoms with Crippen LogP contribution in [0.15, 0.2) is 71.6 Å². The first-order chi connectivity index (χ1) is 16.3. The molecule has 1 aromatic heterocycles. The van der Waals surface area contributed by atoms with Gasteiger partial charge in [0.25, 0.3) is 10.1 Å². The molecule has 4 aromatic carbocycles. The van der Waals surface area contributed by atoms with Crippen molar-refractivity contribution >= 4 is 44.3 Å². The molecule has 35 heavy (non-hydrogen) atoms. The third-order valence-electron chi connectivity index (χ3n) is 5.68. The molecule has 3 N–H and O–H groups in total. The van der Waals surface area contributed by atoms with Gasteiger partial charge >= 0.3 is 0 Å². The Morgan fingerprint density at radius 3 is 2.34 bits per heavy atom. The predicted octanol–water partition coefficient (Wildman–Crippen LogP) is 5.44. The number of hydrogen-bond donors (Lipinski definition) is 3. The lowest BCUT2D eigenvalue weighted by molar-refractivity contribution is 0.414. The fourth-order valence-corrected chi connectivity index (χ4v) is 4.90. The van der Waals surface area contributed by atoms with Crippen molar-refractivity contribution in [2.24, 2.45) is 0 Å². The summed E-state index contributed by atoms with van der Waals surface area (Å²) in [6, 6.07) is 18.9. The van der Waals surface area contributed by atoms with Crippen LogP contribution in [0.5, 0.6) is 17.2 Å². The van der Waals surface area contributed by atoms with Crippen molar-refractivity contribution in [2.45, 2.75) is 4.90 Å². The number of methoxy groups -OCH3 is 2. The Morgan fingerprint density at radius 2 is 1.63 bits per heavy atom. The number of aromatic amines is 1. The van der Waals surface area contributed by atoms with Crippen LogP contribution in [0.1, 0.15) is 0 Å². The van der Waals surface area contributed by atoms with Crippen molar-refractivity contribution in [3.8, 4) is 39.8 Å². The van der Waals surface area contributed by atoms with E-state index in [4.69, 9.17) is 9.47 Å². The lowest BCUT2D eigenvalue weighted by atomic mass is 10.0. The zero-order chi connectivity index (χ0) is 24.0. The maximum atomic E-state index is 12.0. The Hall–Kier alpha value is -3.79. The molecule has 5 aromatic rings. The maximum Gasteiger partial charge on any atom is 0.295 e. The molecule has 1 heterocycles. The number of rotatable bonds is 5. The Bertz CT molecular complexity index is 1680. The van der Waals surface area contributed by atoms with E-state index in [0.717, 1.165) is 11.1 Å². The first kappa shape index (κ1) is 24.3. The number of aromatic nitrogens is 2. The van der Waals surface area contributed by atoms with Gasteiger partial charge in [-0.1, -0.05) is 36.4 Å². The van der Waals surface area contributed by atoms with Crippen LogP contribution < -0.4 is 9.47 Å². The first-order valence-electron chi connectivity index (χ1n) is 10.3. The van der Waals surface area contributed by atoms with Crippen molar-refractivity contribution < 1.29 is 27.6 Å². The lowest BCUT2D eigenvalue weighted by Crippen LogP contribution is -1.99. The minimum absolute atomic E-state index is 0. The Balaban J connectivity index is 0.00000289. The van der Waals surface area contributed by atoms with Crippen LogP contribution in [0, 0.1) is 0 Å². The molecule has 0 bridgehead atoms. The highest BCUT2D eigenvalue weighted by molar-refractivity contribution is 7.86. The average molecular weight is 513 g/mol. The van der Waals surface area contributed by atoms with Crippen molar-refractivity contribution in [3.05, 3.63) is 66.7 Å². The minimum Gasteiger partial charge on any atom is -0.507 e. The van der Waals surface area contributed by atoms with Gasteiger partial charge in [0.1, 0.15) is 33.5 Å². The van der Waals surface area contributed by atoms with Crippen LogP contribution >= 0.6 is 12.4 Å². The second-order valence-corrected chi connectivity index (χ2v) is 9.04. The number of hydrogen-bond acceptors (Lipinski definition) is 6. The van der Waals surface area contributed by atoms with Crippen LogP contribution in [0.2, 0.25) is 0 Å². The van der Waals surface area contributed by atoms with Gasteiger partial charge in [-0.2, -0.15) is 8.42 Å². The number of benzene rings is 4. The van der Waals surface area contributed by atoms with Gasteiger partial charge in [-0.3, -0.25) is 4.55 Å². The van der Waals surface area contributed by atoms with Crippen molar-refractivity contribution in [3.63, 3.8) is 0 Å². The highest BCUT2D eigenvalue weighted by atomic mass is 35.5. The van der Waals surface area contributed by atoms with E-state index in [2.05, 4.69) is 9.97 Å². The van der Waals surface area contributed by atoms with E-state index in [1.165, 1.54) is 24.3 Å². The summed E-state index contributed by atoms with van der Waals surface area (Å²) in [7, 11) is -1.39. The molecular weight excluding hydrogens is 492 g/mol. The number of aromatic hydroxyl groups is 1. The molecule has 0 atom stereocenters. The lowest BCUT2D eigenvalue weighted by Gasteiger charge is -2.13. The number of phenols is 1. The monoisotopic (exact) mass is 512 g/mol. The van der Waals surface area contributed by atoms with E-state index in [1.807, 2.05) is 42.5 Å². The molecule has 0 radical (unpaired) electrons. The highest BCUT2D eigenvalue weighted by Crippen LogP contribution is 2.41. The van der Waals surface area contributed by atoms with E-state index in [0.29, 0.717) is 33.9 Å². The molecule has 0 saturated heterocycles. The zero-order valence-electron chi connectivity index (χ0n) is 18.6. The fraction of sp³-hybridized carbons (Fsp3) is 0.0800. The van der Waals surface area contributed by atoms with Gasteiger partial charge in [0.2, 0.25) is 0 Å². The normalized spacial score (nSPS) is 11.4. The van der Waals surface area contributed by atoms with Gasteiger partial charge in [-0.15, -0.1) is 12.4 Å². The summed E-state index contributed by atoms with van der Waals surface area (Å²) in [4.78, 5) is 7.47. The van der Waals surface area contributed by atoms with E-state index >= 15 is 0 Å². The Labute approximate surface area is 207 Å². The van der Waals surface area contributed by atoms with Crippen LogP contribution in [-0.2, 0) is 10.1 Å². The first-order valence-corrected chi connectivity index (χ1v) is 11.7. The predicted molar refractivity (Wildman–Crippen MR) is 136 cm³/mol. The van der Waals surface area contributed by atoms with Gasteiger partial charge in [-0.05, 0) is 35.9 Å². The van der Waals surface area contributed by atoms with Gasteiger partial charge in [0.15, 0.2) is 0 Å². The molecule has 0 amide bonds. The molecule has 8 nitrogen and oxygen atoms in total. The quantitative estimate of drug-likeness (QED) is 0.268. The number of nitrogens with zero attached hydrogens (tertiary/aromatic N) is 1. The van der Waals surface area contributed by atoms with Crippen molar-refractivity contribution in [1.82, 2.24) is 9.97 Å². The molecule has 0 aliphatic carbocycles. The SMILES string of the molecule is COc1cccc(-c2cccc(-c3nc4c(cc(S(=O)(=O)O)c5cccc(O)c54)[nH]3)c2OC)c1.Cl. The molecule has 0 aliphatic heterocycles. The molecule has 180 valence electrons. The fourth-order valence-electron chi connectivity index (χ4n) is 4.19. The summed E-state index contributed by atoms with van der Waals surface area (Å²) >= 11 is 0. The van der Waals surface area contributed by atoms with E-state index in [-0.39, 0.29) is 33.8 Å². The summed E-state index contributed by atoms with van der Waals surface area (Å²) in [5.74, 6) is 1.52. The zero-order valence-corrected chi connectivity index (χ0v) is 20.3. The molecule has 0 unspecified atom stereocenters. The molecule has 0 aliphatic rings. The summed E-state index contributed by atoms with van der Waals surface area (Å²) in [5, 5.41) is 10.9. The Morgan fingerprint density at radius 1 is 0.914 bits per heavy atom. The number of imidazole rings is 1. The van der Waals surface area contributed by atoms with Crippen LogP contribution in [0.4, 0.5) is 0 Å². The summed E-state index contributed by atoms with van der Waals surface area (Å²) in [6.07, 6.45) is 0. The summed E-state index contributed by atoms with van der Waals surface area (Å²) < 4.78 is 45.0. The molecule has 0 spiro atoms. The third-order valence-corrected chi connectivity index (χ3v) is 6.58. The van der Waals surface area contributed by atoms with Crippen LogP contribution in [0.3, 0.4) is 0 Å². The van der Waals surface area contributed by atoms with E-state index in [9.17, 15) is 18.1 Å². The molecule has 5 rings (SSSR count). The largest absolute Gasteiger partial charge is 0.507 e. The smallest absolute Gasteiger partial charge is 0.295 e. The van der Waals surface area contributed by atoms with Gasteiger partial charge in [0.05, 0.1) is 30.7 Å². The van der Waals surface area contributed by atoms with E-state index < -0.39 is 10.1 Å². The molecule has 0 saturated carbocycles. The maximum absolute atomic E-state index is 12.0. The number of ether oxygens (including phenoxy) is 2. The standard InChI is InChI=1S/C25H20N2O6S.ClH/c1-32-15-7-3-6-14(12-15)16-8-4-10-18(24(16)33-2)25-26-19-13-21(34(29,30)31)17-9-5-11-20(28)22(17)23(19)27-25;/h3-13,28H,1-2H3,(H,26,27)(H,29,30,31);1H.